The van der Waals surface area contributed by atoms with E-state index in [0.29, 0.717) is 0 Å². The second kappa shape index (κ2) is 4.67. The zero-order chi connectivity index (χ0) is 10.7. The molecule has 2 heteroatoms. The summed E-state index contributed by atoms with van der Waals surface area (Å²) in [5.41, 5.74) is 8.02. The molecule has 84 valence electrons. The first kappa shape index (κ1) is 11.2. The molecule has 2 unspecified atom stereocenters. The Labute approximate surface area is 96.7 Å². The maximum absolute atomic E-state index is 6.52. The molecule has 1 nitrogen and oxygen atoms in total. The van der Waals surface area contributed by atoms with Gasteiger partial charge < -0.3 is 5.73 Å². The second-order valence-corrected chi connectivity index (χ2v) is 5.99. The van der Waals surface area contributed by atoms with Crippen LogP contribution in [0, 0.1) is 5.92 Å². The molecule has 0 amide bonds. The quantitative estimate of drug-likeness (QED) is 0.762. The lowest BCUT2D eigenvalue weighted by Gasteiger charge is -2.27. The van der Waals surface area contributed by atoms with Crippen molar-refractivity contribution in [3.8, 4) is 0 Å². The molecule has 1 saturated carbocycles. The molecule has 1 aliphatic rings. The van der Waals surface area contributed by atoms with Gasteiger partial charge in [-0.3, -0.25) is 0 Å². The van der Waals surface area contributed by atoms with Gasteiger partial charge in [0, 0.05) is 5.54 Å². The molecule has 0 spiro atoms. The SMILES string of the molecule is CC1CCCC(N)(Cc2ccsc2)CC1. The Hall–Kier alpha value is -0.340. The molecule has 15 heavy (non-hydrogen) atoms. The van der Waals surface area contributed by atoms with Gasteiger partial charge in [0.05, 0.1) is 0 Å². The van der Waals surface area contributed by atoms with Crippen LogP contribution in [0.25, 0.3) is 0 Å². The molecule has 1 fully saturated rings. The lowest BCUT2D eigenvalue weighted by molar-refractivity contribution is 0.363. The van der Waals surface area contributed by atoms with E-state index in [-0.39, 0.29) is 5.54 Å². The fraction of sp³-hybridized carbons (Fsp3) is 0.692. The Morgan fingerprint density at radius 3 is 3.07 bits per heavy atom. The fourth-order valence-corrected chi connectivity index (χ4v) is 3.25. The highest BCUT2D eigenvalue weighted by atomic mass is 32.1. The van der Waals surface area contributed by atoms with Crippen LogP contribution < -0.4 is 5.73 Å². The van der Waals surface area contributed by atoms with Gasteiger partial charge in [-0.1, -0.05) is 19.8 Å². The Morgan fingerprint density at radius 1 is 1.47 bits per heavy atom. The van der Waals surface area contributed by atoms with Crippen LogP contribution in [0.1, 0.15) is 44.6 Å². The molecule has 0 bridgehead atoms. The number of hydrogen-bond acceptors (Lipinski definition) is 2. The summed E-state index contributed by atoms with van der Waals surface area (Å²) in [6, 6.07) is 2.22. The zero-order valence-corrected chi connectivity index (χ0v) is 10.4. The van der Waals surface area contributed by atoms with Crippen molar-refractivity contribution >= 4 is 11.3 Å². The highest BCUT2D eigenvalue weighted by molar-refractivity contribution is 7.07. The molecule has 0 radical (unpaired) electrons. The summed E-state index contributed by atoms with van der Waals surface area (Å²) in [4.78, 5) is 0. The van der Waals surface area contributed by atoms with Crippen LogP contribution in [0.3, 0.4) is 0 Å². The van der Waals surface area contributed by atoms with Crippen molar-refractivity contribution in [1.29, 1.82) is 0 Å². The highest BCUT2D eigenvalue weighted by Crippen LogP contribution is 2.31. The highest BCUT2D eigenvalue weighted by Gasteiger charge is 2.28. The van der Waals surface area contributed by atoms with Gasteiger partial charge in [0.2, 0.25) is 0 Å². The second-order valence-electron chi connectivity index (χ2n) is 5.21. The van der Waals surface area contributed by atoms with E-state index in [1.807, 2.05) is 0 Å². The lowest BCUT2D eigenvalue weighted by Crippen LogP contribution is -2.41. The number of rotatable bonds is 2. The first-order valence-corrected chi connectivity index (χ1v) is 6.92. The van der Waals surface area contributed by atoms with E-state index < -0.39 is 0 Å². The Balaban J connectivity index is 1.99. The number of thiophene rings is 1. The predicted octanol–water partition coefficient (Wildman–Crippen LogP) is 3.59. The molecule has 2 rings (SSSR count). The maximum atomic E-state index is 6.52. The summed E-state index contributed by atoms with van der Waals surface area (Å²) in [6.45, 7) is 2.36. The molecule has 1 aromatic rings. The summed E-state index contributed by atoms with van der Waals surface area (Å²) >= 11 is 1.78. The van der Waals surface area contributed by atoms with Crippen molar-refractivity contribution in [3.63, 3.8) is 0 Å². The van der Waals surface area contributed by atoms with Crippen LogP contribution in [0.2, 0.25) is 0 Å². The molecule has 1 heterocycles. The van der Waals surface area contributed by atoms with E-state index in [0.717, 1.165) is 12.3 Å². The summed E-state index contributed by atoms with van der Waals surface area (Å²) in [6.07, 6.45) is 7.45. The fourth-order valence-electron chi connectivity index (χ4n) is 2.58. The van der Waals surface area contributed by atoms with Crippen molar-refractivity contribution in [2.45, 2.75) is 51.0 Å². The smallest absolute Gasteiger partial charge is 0.0195 e. The molecule has 0 aromatic carbocycles. The van der Waals surface area contributed by atoms with E-state index in [2.05, 4.69) is 23.8 Å². The van der Waals surface area contributed by atoms with Crippen LogP contribution >= 0.6 is 11.3 Å². The minimum Gasteiger partial charge on any atom is -0.325 e. The largest absolute Gasteiger partial charge is 0.325 e. The zero-order valence-electron chi connectivity index (χ0n) is 9.54. The van der Waals surface area contributed by atoms with Crippen molar-refractivity contribution in [2.24, 2.45) is 11.7 Å². The normalized spacial score (nSPS) is 32.5. The molecule has 2 atom stereocenters. The Morgan fingerprint density at radius 2 is 2.33 bits per heavy atom. The van der Waals surface area contributed by atoms with Gasteiger partial charge in [-0.2, -0.15) is 11.3 Å². The van der Waals surface area contributed by atoms with Crippen LogP contribution in [-0.4, -0.2) is 5.54 Å². The average Bonchev–Trinajstić information content (AvgIpc) is 2.61. The van der Waals surface area contributed by atoms with Gasteiger partial charge >= 0.3 is 0 Å². The van der Waals surface area contributed by atoms with Crippen molar-refractivity contribution in [1.82, 2.24) is 0 Å². The molecular formula is C13H21NS. The van der Waals surface area contributed by atoms with E-state index in [4.69, 9.17) is 5.73 Å². The minimum absolute atomic E-state index is 0.0752. The molecule has 0 aliphatic heterocycles. The van der Waals surface area contributed by atoms with Gasteiger partial charge in [-0.15, -0.1) is 0 Å². The Kier molecular flexibility index (Phi) is 3.47. The van der Waals surface area contributed by atoms with Crippen LogP contribution in [0.4, 0.5) is 0 Å². The monoisotopic (exact) mass is 223 g/mol. The summed E-state index contributed by atoms with van der Waals surface area (Å²) in [5.74, 6) is 0.873. The van der Waals surface area contributed by atoms with Crippen LogP contribution in [0.5, 0.6) is 0 Å². The Bertz CT molecular complexity index is 293. The molecule has 1 aliphatic carbocycles. The molecular weight excluding hydrogens is 202 g/mol. The van der Waals surface area contributed by atoms with Crippen LogP contribution in [0.15, 0.2) is 16.8 Å². The lowest BCUT2D eigenvalue weighted by atomic mass is 9.85. The molecule has 2 N–H and O–H groups in total. The third kappa shape index (κ3) is 3.05. The van der Waals surface area contributed by atoms with Gasteiger partial charge in [-0.25, -0.2) is 0 Å². The topological polar surface area (TPSA) is 26.0 Å². The first-order chi connectivity index (χ1) is 7.18. The minimum atomic E-state index is 0.0752. The molecule has 0 saturated heterocycles. The number of nitrogens with two attached hydrogens (primary N) is 1. The third-order valence-electron chi connectivity index (χ3n) is 3.64. The third-order valence-corrected chi connectivity index (χ3v) is 4.37. The van der Waals surface area contributed by atoms with Crippen molar-refractivity contribution < 1.29 is 0 Å². The molecule has 1 aromatic heterocycles. The summed E-state index contributed by atoms with van der Waals surface area (Å²) in [7, 11) is 0. The van der Waals surface area contributed by atoms with E-state index >= 15 is 0 Å². The standard InChI is InChI=1S/C13H21NS/c1-11-3-2-6-13(14,7-4-11)9-12-5-8-15-10-12/h5,8,10-11H,2-4,6-7,9,14H2,1H3. The number of hydrogen-bond donors (Lipinski definition) is 1. The van der Waals surface area contributed by atoms with E-state index in [1.165, 1.54) is 37.7 Å². The first-order valence-electron chi connectivity index (χ1n) is 5.98. The van der Waals surface area contributed by atoms with Gasteiger partial charge in [0.1, 0.15) is 0 Å². The summed E-state index contributed by atoms with van der Waals surface area (Å²) in [5, 5.41) is 4.39. The van der Waals surface area contributed by atoms with Crippen LogP contribution in [-0.2, 0) is 6.42 Å². The van der Waals surface area contributed by atoms with Crippen molar-refractivity contribution in [3.05, 3.63) is 22.4 Å². The van der Waals surface area contributed by atoms with Gasteiger partial charge in [0.25, 0.3) is 0 Å². The van der Waals surface area contributed by atoms with Gasteiger partial charge in [-0.05, 0) is 54.0 Å². The van der Waals surface area contributed by atoms with Crippen molar-refractivity contribution in [2.75, 3.05) is 0 Å². The summed E-state index contributed by atoms with van der Waals surface area (Å²) < 4.78 is 0. The predicted molar refractivity (Wildman–Crippen MR) is 67.2 cm³/mol. The average molecular weight is 223 g/mol. The van der Waals surface area contributed by atoms with E-state index in [9.17, 15) is 0 Å². The van der Waals surface area contributed by atoms with Gasteiger partial charge in [0.15, 0.2) is 0 Å². The van der Waals surface area contributed by atoms with E-state index in [1.54, 1.807) is 11.3 Å². The maximum Gasteiger partial charge on any atom is 0.0195 e.